The van der Waals surface area contributed by atoms with Gasteiger partial charge < -0.3 is 4.74 Å². The molecule has 0 bridgehead atoms. The second-order valence-electron chi connectivity index (χ2n) is 9.07. The van der Waals surface area contributed by atoms with E-state index in [2.05, 4.69) is 43.4 Å². The lowest BCUT2D eigenvalue weighted by atomic mass is 9.47. The molecule has 2 heterocycles. The first-order valence-corrected chi connectivity index (χ1v) is 11.6. The number of ether oxygens (including phenoxy) is 1. The van der Waals surface area contributed by atoms with Crippen molar-refractivity contribution in [2.75, 3.05) is 18.1 Å². The Bertz CT molecular complexity index is 609. The van der Waals surface area contributed by atoms with Crippen LogP contribution >= 0.6 is 23.5 Å². The van der Waals surface area contributed by atoms with Crippen molar-refractivity contribution in [1.82, 2.24) is 0 Å². The van der Waals surface area contributed by atoms with E-state index in [1.807, 2.05) is 0 Å². The van der Waals surface area contributed by atoms with E-state index in [0.29, 0.717) is 27.9 Å². The molecule has 24 heavy (non-hydrogen) atoms. The molecule has 0 aromatic rings. The van der Waals surface area contributed by atoms with Gasteiger partial charge in [-0.25, -0.2) is 0 Å². The molecule has 2 aliphatic heterocycles. The lowest BCUT2D eigenvalue weighted by Crippen LogP contribution is -2.51. The van der Waals surface area contributed by atoms with Crippen molar-refractivity contribution in [2.45, 2.75) is 56.5 Å². The van der Waals surface area contributed by atoms with Crippen LogP contribution in [0.3, 0.4) is 0 Å². The zero-order valence-corrected chi connectivity index (χ0v) is 16.4. The molecule has 0 unspecified atom stereocenters. The van der Waals surface area contributed by atoms with E-state index >= 15 is 0 Å². The van der Waals surface area contributed by atoms with Crippen LogP contribution in [0.1, 0.15) is 52.4 Å². The van der Waals surface area contributed by atoms with E-state index in [4.69, 9.17) is 4.74 Å². The van der Waals surface area contributed by atoms with Crippen molar-refractivity contribution < 1.29 is 9.53 Å². The number of fused-ring (bicyclic) bond motifs is 5. The molecule has 5 rings (SSSR count). The molecule has 4 heteroatoms. The number of thioether (sulfide) groups is 2. The fourth-order valence-electron chi connectivity index (χ4n) is 6.59. The van der Waals surface area contributed by atoms with Gasteiger partial charge in [0.2, 0.25) is 0 Å². The first-order valence-electron chi connectivity index (χ1n) is 9.64. The second-order valence-corrected chi connectivity index (χ2v) is 12.2. The summed E-state index contributed by atoms with van der Waals surface area (Å²) in [7, 11) is 0. The molecule has 0 N–H and O–H groups in total. The number of carbonyl (C=O) groups is 1. The van der Waals surface area contributed by atoms with Crippen LogP contribution in [0.5, 0.6) is 0 Å². The van der Waals surface area contributed by atoms with Gasteiger partial charge in [-0.05, 0) is 62.7 Å². The molecule has 0 amide bonds. The third-order valence-electron chi connectivity index (χ3n) is 8.15. The highest BCUT2D eigenvalue weighted by Crippen LogP contribution is 2.66. The number of hydrogen-bond donors (Lipinski definition) is 0. The van der Waals surface area contributed by atoms with Gasteiger partial charge in [0.25, 0.3) is 0 Å². The van der Waals surface area contributed by atoms with Crippen LogP contribution in [0, 0.1) is 28.6 Å². The van der Waals surface area contributed by atoms with Crippen LogP contribution in [0.2, 0.25) is 0 Å². The summed E-state index contributed by atoms with van der Waals surface area (Å²) in [5, 5.41) is 0. The van der Waals surface area contributed by atoms with Crippen molar-refractivity contribution in [1.29, 1.82) is 0 Å². The Kier molecular flexibility index (Phi) is 3.50. The summed E-state index contributed by atoms with van der Waals surface area (Å²) in [5.74, 6) is 4.63. The highest BCUT2D eigenvalue weighted by Gasteiger charge is 2.61. The Morgan fingerprint density at radius 2 is 1.83 bits per heavy atom. The molecule has 2 nitrogen and oxygen atoms in total. The van der Waals surface area contributed by atoms with E-state index in [1.54, 1.807) is 5.57 Å². The maximum absolute atomic E-state index is 12.3. The topological polar surface area (TPSA) is 26.3 Å². The molecule has 5 aliphatic rings. The van der Waals surface area contributed by atoms with Crippen molar-refractivity contribution >= 4 is 29.5 Å². The Hall–Kier alpha value is -0.0900. The van der Waals surface area contributed by atoms with Crippen LogP contribution in [0.4, 0.5) is 0 Å². The highest BCUT2D eigenvalue weighted by atomic mass is 32.2. The summed E-state index contributed by atoms with van der Waals surface area (Å²) in [5.41, 5.74) is 1.95. The first kappa shape index (κ1) is 16.1. The molecule has 2 saturated carbocycles. The van der Waals surface area contributed by atoms with Gasteiger partial charge in [-0.15, -0.1) is 23.5 Å². The number of rotatable bonds is 0. The average molecular weight is 365 g/mol. The average Bonchev–Trinajstić information content (AvgIpc) is 3.14. The number of hydrogen-bond acceptors (Lipinski definition) is 4. The minimum Gasteiger partial charge on any atom is -0.465 e. The Balaban J connectivity index is 1.48. The molecular weight excluding hydrogens is 336 g/mol. The van der Waals surface area contributed by atoms with Crippen molar-refractivity contribution in [3.05, 3.63) is 11.6 Å². The van der Waals surface area contributed by atoms with Crippen LogP contribution in [-0.2, 0) is 9.53 Å². The summed E-state index contributed by atoms with van der Waals surface area (Å²) in [6.45, 7) is 5.41. The lowest BCUT2D eigenvalue weighted by Gasteiger charge is -2.57. The Labute approximate surface area is 153 Å². The fourth-order valence-corrected chi connectivity index (χ4v) is 9.73. The Morgan fingerprint density at radius 1 is 1.04 bits per heavy atom. The molecule has 5 atom stereocenters. The van der Waals surface area contributed by atoms with Gasteiger partial charge in [0.1, 0.15) is 0 Å². The molecule has 1 spiro atoms. The summed E-state index contributed by atoms with van der Waals surface area (Å²) < 4.78 is 5.94. The minimum absolute atomic E-state index is 0.0822. The Morgan fingerprint density at radius 3 is 2.62 bits per heavy atom. The van der Waals surface area contributed by atoms with Crippen molar-refractivity contribution in [2.24, 2.45) is 28.6 Å². The largest absolute Gasteiger partial charge is 0.465 e. The predicted molar refractivity (Wildman–Crippen MR) is 101 cm³/mol. The maximum Gasteiger partial charge on any atom is 0.312 e. The zero-order valence-electron chi connectivity index (χ0n) is 14.8. The second kappa shape index (κ2) is 5.22. The number of cyclic esters (lactones) is 1. The maximum atomic E-state index is 12.3. The zero-order chi connectivity index (χ0) is 16.6. The predicted octanol–water partition coefficient (Wildman–Crippen LogP) is 4.89. The standard InChI is InChI=1S/C20H28O2S2/c1-18-7-8-20(23-9-10-24-20)11-13(18)3-4-14-15(18)5-6-19(2)16(14)12-22-17(19)21/h11,14-16H,3-10,12H2,1-2H3/t14-,15+,16+,18+,19+/m1/s1. The third kappa shape index (κ3) is 2.02. The van der Waals surface area contributed by atoms with E-state index in [0.717, 1.165) is 12.3 Å². The minimum atomic E-state index is -0.189. The SMILES string of the molecule is C[C@]12CCC3(C=C1CC[C@@H]1[C@@H]2CC[C@]2(C)C(=O)OC[C@@H]12)SCCS3. The van der Waals surface area contributed by atoms with Crippen LogP contribution in [0.25, 0.3) is 0 Å². The van der Waals surface area contributed by atoms with E-state index < -0.39 is 0 Å². The van der Waals surface area contributed by atoms with Gasteiger partial charge in [0, 0.05) is 17.4 Å². The van der Waals surface area contributed by atoms with Gasteiger partial charge in [-0.3, -0.25) is 4.79 Å². The van der Waals surface area contributed by atoms with Crippen LogP contribution in [-0.4, -0.2) is 28.2 Å². The fraction of sp³-hybridized carbons (Fsp3) is 0.850. The first-order chi connectivity index (χ1) is 11.5. The summed E-state index contributed by atoms with van der Waals surface area (Å²) in [6.07, 6.45) is 10.2. The lowest BCUT2D eigenvalue weighted by molar-refractivity contribution is -0.148. The molecular formula is C20H28O2S2. The molecule has 3 aliphatic carbocycles. The quantitative estimate of drug-likeness (QED) is 0.452. The summed E-state index contributed by atoms with van der Waals surface area (Å²) >= 11 is 4.37. The van der Waals surface area contributed by atoms with E-state index in [-0.39, 0.29) is 11.4 Å². The van der Waals surface area contributed by atoms with Gasteiger partial charge in [-0.1, -0.05) is 18.6 Å². The number of allylic oxidation sites excluding steroid dienone is 1. The molecule has 132 valence electrons. The monoisotopic (exact) mass is 364 g/mol. The molecule has 4 fully saturated rings. The smallest absolute Gasteiger partial charge is 0.312 e. The van der Waals surface area contributed by atoms with Crippen LogP contribution in [0.15, 0.2) is 11.6 Å². The number of esters is 1. The highest BCUT2D eigenvalue weighted by molar-refractivity contribution is 8.21. The molecule has 0 radical (unpaired) electrons. The van der Waals surface area contributed by atoms with Gasteiger partial charge in [0.15, 0.2) is 0 Å². The van der Waals surface area contributed by atoms with Gasteiger partial charge in [-0.2, -0.15) is 0 Å². The van der Waals surface area contributed by atoms with Crippen molar-refractivity contribution in [3.63, 3.8) is 0 Å². The third-order valence-corrected chi connectivity index (χ3v) is 11.6. The molecule has 2 saturated heterocycles. The van der Waals surface area contributed by atoms with Gasteiger partial charge >= 0.3 is 5.97 Å². The number of carbonyl (C=O) groups excluding carboxylic acids is 1. The molecule has 0 aromatic heterocycles. The van der Waals surface area contributed by atoms with Crippen molar-refractivity contribution in [3.8, 4) is 0 Å². The van der Waals surface area contributed by atoms with E-state index in [9.17, 15) is 4.79 Å². The summed E-state index contributed by atoms with van der Waals surface area (Å²) in [4.78, 5) is 12.3. The normalized spacial score (nSPS) is 49.2. The van der Waals surface area contributed by atoms with Crippen LogP contribution < -0.4 is 0 Å². The van der Waals surface area contributed by atoms with Gasteiger partial charge in [0.05, 0.1) is 16.1 Å². The molecule has 0 aromatic carbocycles. The summed E-state index contributed by atoms with van der Waals surface area (Å²) in [6, 6.07) is 0. The van der Waals surface area contributed by atoms with E-state index in [1.165, 1.54) is 43.6 Å².